The number of phenols is 1. The second kappa shape index (κ2) is 11.4. The molecule has 2 unspecified atom stereocenters. The van der Waals surface area contributed by atoms with Crippen molar-refractivity contribution in [3.8, 4) is 11.5 Å². The Morgan fingerprint density at radius 1 is 1.32 bits per heavy atom. The van der Waals surface area contributed by atoms with Gasteiger partial charge in [0.15, 0.2) is 17.5 Å². The molecule has 0 heterocycles. The highest BCUT2D eigenvalue weighted by atomic mass is 127. The van der Waals surface area contributed by atoms with Crippen LogP contribution in [0.15, 0.2) is 23.2 Å². The van der Waals surface area contributed by atoms with Crippen LogP contribution in [0, 0.1) is 5.92 Å². The fourth-order valence-corrected chi connectivity index (χ4v) is 3.33. The standard InChI is InChI=1S/C19H31N3O2.HI/c1-4-14-8-6-10-16(12-14)22-19(20-5-2)21-13-15-9-7-11-17(24-3)18(15)23;/h7,9,11,14,16,23H,4-6,8,10,12-13H2,1-3H3,(H2,20,21,22);1H. The topological polar surface area (TPSA) is 65.9 Å². The largest absolute Gasteiger partial charge is 0.504 e. The summed E-state index contributed by atoms with van der Waals surface area (Å²) < 4.78 is 5.16. The first-order valence-corrected chi connectivity index (χ1v) is 9.07. The molecule has 0 saturated heterocycles. The van der Waals surface area contributed by atoms with E-state index < -0.39 is 0 Å². The van der Waals surface area contributed by atoms with E-state index in [2.05, 4.69) is 29.5 Å². The van der Waals surface area contributed by atoms with Gasteiger partial charge < -0.3 is 20.5 Å². The van der Waals surface area contributed by atoms with E-state index in [1.54, 1.807) is 13.2 Å². The van der Waals surface area contributed by atoms with Gasteiger partial charge in [0.2, 0.25) is 0 Å². The van der Waals surface area contributed by atoms with Gasteiger partial charge in [-0.1, -0.05) is 38.3 Å². The SMILES string of the molecule is CCNC(=NCc1cccc(OC)c1O)NC1CCCC(CC)C1.I. The summed E-state index contributed by atoms with van der Waals surface area (Å²) in [6, 6.07) is 5.98. The quantitative estimate of drug-likeness (QED) is 0.340. The van der Waals surface area contributed by atoms with Crippen LogP contribution < -0.4 is 15.4 Å². The van der Waals surface area contributed by atoms with Gasteiger partial charge in [-0.3, -0.25) is 0 Å². The Balaban J connectivity index is 0.00000312. The average molecular weight is 461 g/mol. The highest BCUT2D eigenvalue weighted by Crippen LogP contribution is 2.30. The summed E-state index contributed by atoms with van der Waals surface area (Å²) in [4.78, 5) is 4.64. The number of benzene rings is 1. The Hall–Kier alpha value is -1.18. The number of nitrogens with zero attached hydrogens (tertiary/aromatic N) is 1. The summed E-state index contributed by atoms with van der Waals surface area (Å²) in [5.41, 5.74) is 0.765. The third kappa shape index (κ3) is 6.56. The number of aromatic hydroxyl groups is 1. The van der Waals surface area contributed by atoms with Crippen molar-refractivity contribution < 1.29 is 9.84 Å². The molecule has 1 aromatic carbocycles. The number of halogens is 1. The molecule has 6 heteroatoms. The zero-order valence-corrected chi connectivity index (χ0v) is 17.9. The minimum atomic E-state index is 0. The summed E-state index contributed by atoms with van der Waals surface area (Å²) >= 11 is 0. The Labute approximate surface area is 168 Å². The second-order valence-electron chi connectivity index (χ2n) is 6.45. The lowest BCUT2D eigenvalue weighted by Gasteiger charge is -2.30. The molecule has 142 valence electrons. The normalized spacial score (nSPS) is 20.5. The highest BCUT2D eigenvalue weighted by Gasteiger charge is 2.21. The number of para-hydroxylation sites is 1. The summed E-state index contributed by atoms with van der Waals surface area (Å²) in [5.74, 6) is 2.30. The number of guanidine groups is 1. The fraction of sp³-hybridized carbons (Fsp3) is 0.632. The number of nitrogens with one attached hydrogen (secondary N) is 2. The Bertz CT molecular complexity index is 551. The lowest BCUT2D eigenvalue weighted by atomic mass is 9.84. The van der Waals surface area contributed by atoms with E-state index in [0.29, 0.717) is 18.3 Å². The molecule has 25 heavy (non-hydrogen) atoms. The first kappa shape index (κ1) is 21.9. The fourth-order valence-electron chi connectivity index (χ4n) is 3.33. The highest BCUT2D eigenvalue weighted by molar-refractivity contribution is 14.0. The maximum absolute atomic E-state index is 10.2. The molecule has 0 aliphatic heterocycles. The molecule has 3 N–H and O–H groups in total. The number of ether oxygens (including phenoxy) is 1. The van der Waals surface area contributed by atoms with Gasteiger partial charge in [-0.05, 0) is 31.7 Å². The van der Waals surface area contributed by atoms with Crippen LogP contribution in [0.5, 0.6) is 11.5 Å². The van der Waals surface area contributed by atoms with Gasteiger partial charge in [-0.15, -0.1) is 24.0 Å². The monoisotopic (exact) mass is 461 g/mol. The van der Waals surface area contributed by atoms with Crippen molar-refractivity contribution in [1.29, 1.82) is 0 Å². The Kier molecular flexibility index (Phi) is 10.0. The molecular formula is C19H32IN3O2. The molecule has 0 amide bonds. The second-order valence-corrected chi connectivity index (χ2v) is 6.45. The molecule has 2 atom stereocenters. The smallest absolute Gasteiger partial charge is 0.191 e. The van der Waals surface area contributed by atoms with E-state index in [4.69, 9.17) is 4.74 Å². The first-order chi connectivity index (χ1) is 11.7. The zero-order valence-electron chi connectivity index (χ0n) is 15.5. The van der Waals surface area contributed by atoms with Crippen molar-refractivity contribution in [3.63, 3.8) is 0 Å². The van der Waals surface area contributed by atoms with Crippen LogP contribution in [0.2, 0.25) is 0 Å². The van der Waals surface area contributed by atoms with Gasteiger partial charge in [0.1, 0.15) is 0 Å². The van der Waals surface area contributed by atoms with Crippen LogP contribution in [0.25, 0.3) is 0 Å². The zero-order chi connectivity index (χ0) is 17.4. The first-order valence-electron chi connectivity index (χ1n) is 9.07. The minimum absolute atomic E-state index is 0. The molecule has 1 aliphatic carbocycles. The van der Waals surface area contributed by atoms with Gasteiger partial charge in [-0.25, -0.2) is 4.99 Å². The molecule has 0 aromatic heterocycles. The minimum Gasteiger partial charge on any atom is -0.504 e. The van der Waals surface area contributed by atoms with Crippen molar-refractivity contribution >= 4 is 29.9 Å². The lowest BCUT2D eigenvalue weighted by Crippen LogP contribution is -2.45. The molecule has 1 aliphatic rings. The lowest BCUT2D eigenvalue weighted by molar-refractivity contribution is 0.298. The number of phenolic OH excluding ortho intramolecular Hbond substituents is 1. The van der Waals surface area contributed by atoms with Crippen LogP contribution in [-0.4, -0.2) is 30.8 Å². The average Bonchev–Trinajstić information content (AvgIpc) is 2.61. The molecule has 1 saturated carbocycles. The third-order valence-electron chi connectivity index (χ3n) is 4.76. The van der Waals surface area contributed by atoms with Gasteiger partial charge in [-0.2, -0.15) is 0 Å². The predicted molar refractivity (Wildman–Crippen MR) is 114 cm³/mol. The number of aliphatic imine (C=N–C) groups is 1. The van der Waals surface area contributed by atoms with E-state index in [1.165, 1.54) is 32.1 Å². The van der Waals surface area contributed by atoms with E-state index in [-0.39, 0.29) is 29.7 Å². The molecular weight excluding hydrogens is 429 g/mol. The number of hydrogen-bond acceptors (Lipinski definition) is 3. The Morgan fingerprint density at radius 2 is 2.12 bits per heavy atom. The molecule has 1 fully saturated rings. The summed E-state index contributed by atoms with van der Waals surface area (Å²) in [7, 11) is 1.56. The summed E-state index contributed by atoms with van der Waals surface area (Å²) in [6.07, 6.45) is 6.30. The van der Waals surface area contributed by atoms with E-state index in [9.17, 15) is 5.11 Å². The molecule has 5 nitrogen and oxygen atoms in total. The van der Waals surface area contributed by atoms with Gasteiger partial charge >= 0.3 is 0 Å². The van der Waals surface area contributed by atoms with Gasteiger partial charge in [0.05, 0.1) is 13.7 Å². The maximum Gasteiger partial charge on any atom is 0.191 e. The van der Waals surface area contributed by atoms with Crippen molar-refractivity contribution in [2.75, 3.05) is 13.7 Å². The van der Waals surface area contributed by atoms with Crippen LogP contribution >= 0.6 is 24.0 Å². The van der Waals surface area contributed by atoms with Crippen molar-refractivity contribution in [2.45, 2.75) is 58.5 Å². The van der Waals surface area contributed by atoms with E-state index >= 15 is 0 Å². The van der Waals surface area contributed by atoms with Gasteiger partial charge in [0, 0.05) is 18.2 Å². The summed E-state index contributed by atoms with van der Waals surface area (Å²) in [6.45, 7) is 5.58. The third-order valence-corrected chi connectivity index (χ3v) is 4.76. The predicted octanol–water partition coefficient (Wildman–Crippen LogP) is 4.04. The van der Waals surface area contributed by atoms with Gasteiger partial charge in [0.25, 0.3) is 0 Å². The van der Waals surface area contributed by atoms with Crippen molar-refractivity contribution in [1.82, 2.24) is 10.6 Å². The Morgan fingerprint density at radius 3 is 2.80 bits per heavy atom. The van der Waals surface area contributed by atoms with Crippen LogP contribution in [0.3, 0.4) is 0 Å². The van der Waals surface area contributed by atoms with E-state index in [0.717, 1.165) is 24.0 Å². The van der Waals surface area contributed by atoms with Crippen molar-refractivity contribution in [3.05, 3.63) is 23.8 Å². The maximum atomic E-state index is 10.2. The molecule has 2 rings (SSSR count). The summed E-state index contributed by atoms with van der Waals surface area (Å²) in [5, 5.41) is 17.1. The van der Waals surface area contributed by atoms with Crippen LogP contribution in [0.4, 0.5) is 0 Å². The molecule has 0 radical (unpaired) electrons. The number of hydrogen-bond donors (Lipinski definition) is 3. The number of methoxy groups -OCH3 is 1. The van der Waals surface area contributed by atoms with Crippen LogP contribution in [0.1, 0.15) is 51.5 Å². The molecule has 0 spiro atoms. The molecule has 1 aromatic rings. The van der Waals surface area contributed by atoms with E-state index in [1.807, 2.05) is 12.1 Å². The van der Waals surface area contributed by atoms with Crippen LogP contribution in [-0.2, 0) is 6.54 Å². The van der Waals surface area contributed by atoms with Crippen molar-refractivity contribution in [2.24, 2.45) is 10.9 Å². The number of rotatable bonds is 6. The molecule has 0 bridgehead atoms.